The van der Waals surface area contributed by atoms with Gasteiger partial charge in [-0.3, -0.25) is 0 Å². The van der Waals surface area contributed by atoms with Crippen LogP contribution in [0.3, 0.4) is 0 Å². The molecular formula is C53H34N2O. The number of rotatable bonds is 6. The van der Waals surface area contributed by atoms with E-state index in [1.54, 1.807) is 0 Å². The Hall–Kier alpha value is -7.36. The first-order chi connectivity index (χ1) is 27.7. The number of hydrogen-bond donors (Lipinski definition) is 0. The maximum absolute atomic E-state index is 6.14. The molecule has 3 heteroatoms. The zero-order valence-electron chi connectivity index (χ0n) is 30.4. The van der Waals surface area contributed by atoms with E-state index >= 15 is 0 Å². The number of hydrogen-bond acceptors (Lipinski definition) is 3. The van der Waals surface area contributed by atoms with Crippen molar-refractivity contribution in [1.29, 1.82) is 0 Å². The van der Waals surface area contributed by atoms with Crippen LogP contribution in [0.4, 0.5) is 0 Å². The fourth-order valence-electron chi connectivity index (χ4n) is 8.85. The van der Waals surface area contributed by atoms with Crippen molar-refractivity contribution in [2.24, 2.45) is 0 Å². The van der Waals surface area contributed by atoms with Crippen molar-refractivity contribution in [3.05, 3.63) is 229 Å². The molecule has 8 aromatic carbocycles. The highest BCUT2D eigenvalue weighted by Crippen LogP contribution is 2.56. The monoisotopic (exact) mass is 714 g/mol. The fraction of sp³-hybridized carbons (Fsp3) is 0.0189. The van der Waals surface area contributed by atoms with E-state index in [0.717, 1.165) is 61.1 Å². The lowest BCUT2D eigenvalue weighted by Gasteiger charge is -2.34. The van der Waals surface area contributed by atoms with Gasteiger partial charge in [-0.1, -0.05) is 170 Å². The Bertz CT molecular complexity index is 3040. The predicted molar refractivity (Wildman–Crippen MR) is 228 cm³/mol. The summed E-state index contributed by atoms with van der Waals surface area (Å²) in [5.74, 6) is 0.689. The smallest absolute Gasteiger partial charge is 0.160 e. The highest BCUT2D eigenvalue weighted by atomic mass is 16.3. The van der Waals surface area contributed by atoms with Crippen molar-refractivity contribution in [2.45, 2.75) is 5.41 Å². The summed E-state index contributed by atoms with van der Waals surface area (Å²) < 4.78 is 6.14. The van der Waals surface area contributed by atoms with E-state index in [1.165, 1.54) is 33.4 Å². The Morgan fingerprint density at radius 3 is 1.62 bits per heavy atom. The number of aromatic nitrogens is 2. The Balaban J connectivity index is 1.08. The maximum atomic E-state index is 6.14. The van der Waals surface area contributed by atoms with Crippen LogP contribution in [-0.2, 0) is 5.41 Å². The van der Waals surface area contributed by atoms with Gasteiger partial charge in [0, 0.05) is 27.5 Å². The van der Waals surface area contributed by atoms with Crippen molar-refractivity contribution in [2.75, 3.05) is 0 Å². The first kappa shape index (κ1) is 32.1. The van der Waals surface area contributed by atoms with Gasteiger partial charge in [0.2, 0.25) is 0 Å². The number of nitrogens with zero attached hydrogens (tertiary/aromatic N) is 2. The molecule has 0 spiro atoms. The molecule has 0 N–H and O–H groups in total. The zero-order chi connectivity index (χ0) is 37.1. The Morgan fingerprint density at radius 2 is 0.875 bits per heavy atom. The summed E-state index contributed by atoms with van der Waals surface area (Å²) >= 11 is 0. The summed E-state index contributed by atoms with van der Waals surface area (Å²) in [5, 5.41) is 2.23. The van der Waals surface area contributed by atoms with Gasteiger partial charge in [0.15, 0.2) is 5.82 Å². The van der Waals surface area contributed by atoms with E-state index < -0.39 is 5.41 Å². The van der Waals surface area contributed by atoms with Crippen molar-refractivity contribution in [3.8, 4) is 56.2 Å². The van der Waals surface area contributed by atoms with Crippen molar-refractivity contribution < 1.29 is 4.42 Å². The Labute approximate surface area is 325 Å². The van der Waals surface area contributed by atoms with Crippen LogP contribution in [0.15, 0.2) is 211 Å². The maximum Gasteiger partial charge on any atom is 0.160 e. The highest BCUT2D eigenvalue weighted by molar-refractivity contribution is 6.06. The van der Waals surface area contributed by atoms with E-state index in [0.29, 0.717) is 5.82 Å². The predicted octanol–water partition coefficient (Wildman–Crippen LogP) is 13.4. The third-order valence-corrected chi connectivity index (χ3v) is 11.4. The first-order valence-corrected chi connectivity index (χ1v) is 19.1. The van der Waals surface area contributed by atoms with Gasteiger partial charge < -0.3 is 4.42 Å². The molecule has 3 nitrogen and oxygen atoms in total. The molecule has 1 aliphatic rings. The van der Waals surface area contributed by atoms with Gasteiger partial charge in [-0.05, 0) is 80.9 Å². The first-order valence-electron chi connectivity index (χ1n) is 19.1. The summed E-state index contributed by atoms with van der Waals surface area (Å²) in [5.41, 5.74) is 15.8. The Morgan fingerprint density at radius 1 is 0.339 bits per heavy atom. The number of benzene rings is 8. The molecule has 0 aliphatic heterocycles. The minimum absolute atomic E-state index is 0.502. The molecule has 0 saturated heterocycles. The molecule has 0 saturated carbocycles. The highest BCUT2D eigenvalue weighted by Gasteiger charge is 2.45. The minimum Gasteiger partial charge on any atom is -0.456 e. The van der Waals surface area contributed by atoms with Gasteiger partial charge in [-0.15, -0.1) is 0 Å². The second-order valence-electron chi connectivity index (χ2n) is 14.5. The molecule has 2 heterocycles. The van der Waals surface area contributed by atoms with Gasteiger partial charge >= 0.3 is 0 Å². The van der Waals surface area contributed by atoms with Crippen molar-refractivity contribution in [3.63, 3.8) is 0 Å². The topological polar surface area (TPSA) is 38.9 Å². The normalized spacial score (nSPS) is 12.8. The van der Waals surface area contributed by atoms with Gasteiger partial charge in [0.05, 0.1) is 16.8 Å². The summed E-state index contributed by atoms with van der Waals surface area (Å²) in [6, 6.07) is 73.4. The van der Waals surface area contributed by atoms with Crippen LogP contribution in [0, 0.1) is 0 Å². The van der Waals surface area contributed by atoms with Gasteiger partial charge in [-0.25, -0.2) is 9.97 Å². The van der Waals surface area contributed by atoms with Gasteiger partial charge in [0.1, 0.15) is 11.2 Å². The quantitative estimate of drug-likeness (QED) is 0.172. The average molecular weight is 715 g/mol. The molecule has 0 unspecified atom stereocenters. The van der Waals surface area contributed by atoms with Gasteiger partial charge in [-0.2, -0.15) is 0 Å². The summed E-state index contributed by atoms with van der Waals surface area (Å²) in [4.78, 5) is 10.5. The Kier molecular flexibility index (Phi) is 7.39. The molecule has 0 radical (unpaired) electrons. The van der Waals surface area contributed by atoms with E-state index in [2.05, 4.69) is 176 Å². The summed E-state index contributed by atoms with van der Waals surface area (Å²) in [6.45, 7) is 0. The number of furan rings is 1. The SMILES string of the molecule is c1ccc(-c2nc(-c3cccc(-c4ccc5oc6ccccc6c5c4)c3)cc(-c3cccc(C4(c5ccccc5)c5ccccc5-c5ccccc54)c3)n2)cc1. The number of fused-ring (bicyclic) bond motifs is 6. The third-order valence-electron chi connectivity index (χ3n) is 11.4. The van der Waals surface area contributed by atoms with E-state index in [1.807, 2.05) is 30.3 Å². The van der Waals surface area contributed by atoms with Gasteiger partial charge in [0.25, 0.3) is 0 Å². The lowest BCUT2D eigenvalue weighted by Crippen LogP contribution is -2.28. The molecule has 0 amide bonds. The molecule has 1 aliphatic carbocycles. The van der Waals surface area contributed by atoms with Crippen LogP contribution in [0.2, 0.25) is 0 Å². The molecular weight excluding hydrogens is 681 g/mol. The van der Waals surface area contributed by atoms with E-state index in [-0.39, 0.29) is 0 Å². The molecule has 0 atom stereocenters. The average Bonchev–Trinajstić information content (AvgIpc) is 3.81. The van der Waals surface area contributed by atoms with Crippen LogP contribution in [0.1, 0.15) is 22.3 Å². The second kappa shape index (κ2) is 12.9. The second-order valence-corrected chi connectivity index (χ2v) is 14.5. The fourth-order valence-corrected chi connectivity index (χ4v) is 8.85. The van der Waals surface area contributed by atoms with Crippen LogP contribution < -0.4 is 0 Å². The largest absolute Gasteiger partial charge is 0.456 e. The van der Waals surface area contributed by atoms with Crippen LogP contribution >= 0.6 is 0 Å². The van der Waals surface area contributed by atoms with Crippen molar-refractivity contribution in [1.82, 2.24) is 9.97 Å². The van der Waals surface area contributed by atoms with Crippen LogP contribution in [0.5, 0.6) is 0 Å². The molecule has 2 aromatic heterocycles. The number of para-hydroxylation sites is 1. The molecule has 11 rings (SSSR count). The molecule has 10 aromatic rings. The lowest BCUT2D eigenvalue weighted by molar-refractivity contribution is 0.669. The standard InChI is InChI=1S/C53H34N2O/c1-3-15-35(16-4-1)52-54-48(38-18-13-17-36(31-38)37-29-30-51-45(33-37)44-25-9-12-28-50(44)56-51)34-49(55-52)39-19-14-22-41(32-39)53(40-20-5-2-6-21-40)46-26-10-7-23-42(46)43-24-8-11-27-47(43)53/h1-34H. The molecule has 0 fully saturated rings. The third kappa shape index (κ3) is 5.05. The molecule has 262 valence electrons. The lowest BCUT2D eigenvalue weighted by atomic mass is 9.67. The zero-order valence-corrected chi connectivity index (χ0v) is 30.4. The van der Waals surface area contributed by atoms with Crippen LogP contribution in [-0.4, -0.2) is 9.97 Å². The van der Waals surface area contributed by atoms with E-state index in [4.69, 9.17) is 14.4 Å². The molecule has 56 heavy (non-hydrogen) atoms. The minimum atomic E-state index is -0.502. The van der Waals surface area contributed by atoms with Crippen molar-refractivity contribution >= 4 is 21.9 Å². The summed E-state index contributed by atoms with van der Waals surface area (Å²) in [6.07, 6.45) is 0. The van der Waals surface area contributed by atoms with E-state index in [9.17, 15) is 0 Å². The summed E-state index contributed by atoms with van der Waals surface area (Å²) in [7, 11) is 0. The molecule has 0 bridgehead atoms. The van der Waals surface area contributed by atoms with Crippen LogP contribution in [0.25, 0.3) is 78.1 Å².